The van der Waals surface area contributed by atoms with Gasteiger partial charge in [-0.2, -0.15) is 0 Å². The summed E-state index contributed by atoms with van der Waals surface area (Å²) in [6.45, 7) is 0.433. The van der Waals surface area contributed by atoms with Crippen LogP contribution in [0, 0.1) is 10.1 Å². The molecule has 0 heterocycles. The zero-order valence-corrected chi connectivity index (χ0v) is 13.7. The zero-order valence-electron chi connectivity index (χ0n) is 12.9. The molecule has 0 aliphatic carbocycles. The Bertz CT molecular complexity index is 689. The highest BCUT2D eigenvalue weighted by atomic mass is 32.2. The summed E-state index contributed by atoms with van der Waals surface area (Å²) >= 11 is 1.59. The van der Waals surface area contributed by atoms with Gasteiger partial charge in [0.25, 0.3) is 5.69 Å². The third-order valence-corrected chi connectivity index (χ3v) is 3.97. The fourth-order valence-corrected chi connectivity index (χ4v) is 2.54. The summed E-state index contributed by atoms with van der Waals surface area (Å²) in [6, 6.07) is 13.0. The number of nitrogens with zero attached hydrogens (tertiary/aromatic N) is 1. The van der Waals surface area contributed by atoms with Crippen molar-refractivity contribution in [2.45, 2.75) is 4.90 Å². The summed E-state index contributed by atoms with van der Waals surface area (Å²) in [5.41, 5.74) is -0.0568. The summed E-state index contributed by atoms with van der Waals surface area (Å²) in [7, 11) is 1.61. The summed E-state index contributed by atoms with van der Waals surface area (Å²) in [6.07, 6.45) is -0.598. The largest absolute Gasteiger partial charge is 0.497 e. The quantitative estimate of drug-likeness (QED) is 0.356. The summed E-state index contributed by atoms with van der Waals surface area (Å²) in [4.78, 5) is 22.7. The number of methoxy groups -OCH3 is 1. The molecule has 0 saturated carbocycles. The van der Waals surface area contributed by atoms with Crippen molar-refractivity contribution in [3.8, 4) is 11.5 Å². The van der Waals surface area contributed by atoms with E-state index >= 15 is 0 Å². The molecule has 24 heavy (non-hydrogen) atoms. The van der Waals surface area contributed by atoms with Crippen LogP contribution in [0.5, 0.6) is 11.5 Å². The van der Waals surface area contributed by atoms with E-state index in [0.717, 1.165) is 10.6 Å². The number of thioether (sulfide) groups is 1. The second kappa shape index (κ2) is 8.78. The monoisotopic (exact) mass is 348 g/mol. The van der Waals surface area contributed by atoms with Crippen LogP contribution in [0.2, 0.25) is 0 Å². The first-order valence-electron chi connectivity index (χ1n) is 7.05. The molecule has 2 aromatic carbocycles. The predicted octanol–water partition coefficient (Wildman–Crippen LogP) is 3.48. The lowest BCUT2D eigenvalue weighted by molar-refractivity contribution is -0.384. The van der Waals surface area contributed by atoms with Crippen molar-refractivity contribution in [2.75, 3.05) is 19.4 Å². The van der Waals surface area contributed by atoms with Gasteiger partial charge in [-0.25, -0.2) is 4.79 Å². The Morgan fingerprint density at radius 2 is 1.75 bits per heavy atom. The molecule has 0 spiro atoms. The molecule has 0 aromatic heterocycles. The minimum atomic E-state index is -0.598. The minimum absolute atomic E-state index is 0.0568. The van der Waals surface area contributed by atoms with Gasteiger partial charge in [-0.1, -0.05) is 0 Å². The average Bonchev–Trinajstić information content (AvgIpc) is 2.59. The summed E-state index contributed by atoms with van der Waals surface area (Å²) < 4.78 is 10.1. The molecule has 0 fully saturated rings. The average molecular weight is 348 g/mol. The number of benzene rings is 2. The SMILES string of the molecule is COc1ccc(SCCNC(=O)Oc2ccc([N+](=O)[O-])cc2)cc1. The lowest BCUT2D eigenvalue weighted by Gasteiger charge is -2.07. The highest BCUT2D eigenvalue weighted by molar-refractivity contribution is 7.99. The van der Waals surface area contributed by atoms with Crippen LogP contribution in [-0.4, -0.2) is 30.4 Å². The number of ether oxygens (including phenoxy) is 2. The van der Waals surface area contributed by atoms with E-state index in [4.69, 9.17) is 9.47 Å². The maximum Gasteiger partial charge on any atom is 0.412 e. The van der Waals surface area contributed by atoms with Crippen LogP contribution in [0.3, 0.4) is 0 Å². The molecule has 0 bridgehead atoms. The molecule has 7 nitrogen and oxygen atoms in total. The van der Waals surface area contributed by atoms with Gasteiger partial charge in [0.2, 0.25) is 0 Å². The fraction of sp³-hybridized carbons (Fsp3) is 0.188. The van der Waals surface area contributed by atoms with E-state index < -0.39 is 11.0 Å². The van der Waals surface area contributed by atoms with E-state index in [2.05, 4.69) is 5.32 Å². The Labute approximate surface area is 143 Å². The van der Waals surface area contributed by atoms with Crippen LogP contribution in [-0.2, 0) is 0 Å². The molecule has 0 unspecified atom stereocenters. The number of rotatable bonds is 7. The van der Waals surface area contributed by atoms with E-state index in [1.807, 2.05) is 24.3 Å². The Kier molecular flexibility index (Phi) is 6.44. The number of amides is 1. The second-order valence-electron chi connectivity index (χ2n) is 4.59. The van der Waals surface area contributed by atoms with Gasteiger partial charge in [0.05, 0.1) is 12.0 Å². The topological polar surface area (TPSA) is 90.7 Å². The standard InChI is InChI=1S/C16H16N2O5S/c1-22-13-6-8-15(9-7-13)24-11-10-17-16(19)23-14-4-2-12(3-5-14)18(20)21/h2-9H,10-11H2,1H3,(H,17,19). The molecular weight excluding hydrogens is 332 g/mol. The number of nitro benzene ring substituents is 1. The van der Waals surface area contributed by atoms with E-state index in [1.54, 1.807) is 18.9 Å². The number of carbonyl (C=O) groups excluding carboxylic acids is 1. The number of nitrogens with one attached hydrogen (secondary N) is 1. The lowest BCUT2D eigenvalue weighted by atomic mass is 10.3. The summed E-state index contributed by atoms with van der Waals surface area (Å²) in [5, 5.41) is 13.2. The van der Waals surface area contributed by atoms with Gasteiger partial charge in [0.1, 0.15) is 11.5 Å². The number of non-ortho nitro benzene ring substituents is 1. The molecule has 0 atom stereocenters. The van der Waals surface area contributed by atoms with Gasteiger partial charge in [0.15, 0.2) is 0 Å². The van der Waals surface area contributed by atoms with Gasteiger partial charge < -0.3 is 14.8 Å². The Morgan fingerprint density at radius 1 is 1.12 bits per heavy atom. The van der Waals surface area contributed by atoms with Crippen LogP contribution < -0.4 is 14.8 Å². The van der Waals surface area contributed by atoms with Crippen LogP contribution in [0.25, 0.3) is 0 Å². The van der Waals surface area contributed by atoms with Gasteiger partial charge in [0, 0.05) is 29.3 Å². The van der Waals surface area contributed by atoms with Crippen molar-refractivity contribution in [3.63, 3.8) is 0 Å². The van der Waals surface area contributed by atoms with Crippen molar-refractivity contribution < 1.29 is 19.2 Å². The maximum absolute atomic E-state index is 11.6. The van der Waals surface area contributed by atoms with Crippen molar-refractivity contribution in [1.82, 2.24) is 5.32 Å². The molecule has 0 radical (unpaired) electrons. The van der Waals surface area contributed by atoms with E-state index in [9.17, 15) is 14.9 Å². The third kappa shape index (κ3) is 5.47. The Balaban J connectivity index is 1.69. The van der Waals surface area contributed by atoms with Crippen LogP contribution in [0.1, 0.15) is 0 Å². The molecular formula is C16H16N2O5S. The highest BCUT2D eigenvalue weighted by Gasteiger charge is 2.07. The van der Waals surface area contributed by atoms with Crippen LogP contribution >= 0.6 is 11.8 Å². The third-order valence-electron chi connectivity index (χ3n) is 2.96. The fourth-order valence-electron chi connectivity index (χ4n) is 1.77. The zero-order chi connectivity index (χ0) is 17.4. The smallest absolute Gasteiger partial charge is 0.412 e. The highest BCUT2D eigenvalue weighted by Crippen LogP contribution is 2.21. The molecule has 1 N–H and O–H groups in total. The van der Waals surface area contributed by atoms with E-state index in [1.165, 1.54) is 24.3 Å². The van der Waals surface area contributed by atoms with E-state index in [0.29, 0.717) is 12.3 Å². The van der Waals surface area contributed by atoms with Crippen molar-refractivity contribution >= 4 is 23.5 Å². The van der Waals surface area contributed by atoms with Gasteiger partial charge >= 0.3 is 6.09 Å². The van der Waals surface area contributed by atoms with Crippen LogP contribution in [0.4, 0.5) is 10.5 Å². The van der Waals surface area contributed by atoms with Gasteiger partial charge in [-0.3, -0.25) is 10.1 Å². The molecule has 126 valence electrons. The first-order chi connectivity index (χ1) is 11.6. The molecule has 8 heteroatoms. The number of hydrogen-bond acceptors (Lipinski definition) is 6. The molecule has 2 aromatic rings. The van der Waals surface area contributed by atoms with Crippen molar-refractivity contribution in [2.24, 2.45) is 0 Å². The van der Waals surface area contributed by atoms with Crippen molar-refractivity contribution in [1.29, 1.82) is 0 Å². The lowest BCUT2D eigenvalue weighted by Crippen LogP contribution is -2.28. The van der Waals surface area contributed by atoms with E-state index in [-0.39, 0.29) is 11.4 Å². The minimum Gasteiger partial charge on any atom is -0.497 e. The molecule has 2 rings (SSSR count). The summed E-state index contributed by atoms with van der Waals surface area (Å²) in [5.74, 6) is 1.73. The molecule has 0 aliphatic rings. The predicted molar refractivity (Wildman–Crippen MR) is 90.8 cm³/mol. The normalized spacial score (nSPS) is 10.0. The molecule has 1 amide bonds. The number of nitro groups is 1. The maximum atomic E-state index is 11.6. The Morgan fingerprint density at radius 3 is 2.33 bits per heavy atom. The number of hydrogen-bond donors (Lipinski definition) is 1. The molecule has 0 aliphatic heterocycles. The van der Waals surface area contributed by atoms with Gasteiger partial charge in [-0.15, -0.1) is 11.8 Å². The first kappa shape index (κ1) is 17.6. The Hall–Kier alpha value is -2.74. The van der Waals surface area contributed by atoms with Crippen LogP contribution in [0.15, 0.2) is 53.4 Å². The van der Waals surface area contributed by atoms with Crippen molar-refractivity contribution in [3.05, 3.63) is 58.6 Å². The first-order valence-corrected chi connectivity index (χ1v) is 8.04. The molecule has 0 saturated heterocycles. The van der Waals surface area contributed by atoms with Gasteiger partial charge in [-0.05, 0) is 36.4 Å². The number of carbonyl (C=O) groups is 1. The second-order valence-corrected chi connectivity index (χ2v) is 5.76.